The summed E-state index contributed by atoms with van der Waals surface area (Å²) in [6, 6.07) is 13.2. The molecule has 0 fully saturated rings. The van der Waals surface area contributed by atoms with Gasteiger partial charge in [-0.05, 0) is 43.2 Å². The molecule has 0 N–H and O–H groups in total. The summed E-state index contributed by atoms with van der Waals surface area (Å²) in [5.41, 5.74) is 3.33. The van der Waals surface area contributed by atoms with Crippen molar-refractivity contribution in [3.63, 3.8) is 0 Å². The predicted octanol–water partition coefficient (Wildman–Crippen LogP) is 5.01. The fraction of sp³-hybridized carbons (Fsp3) is 0.227. The van der Waals surface area contributed by atoms with Crippen LogP contribution in [-0.4, -0.2) is 21.6 Å². The maximum Gasteiger partial charge on any atom is 0.266 e. The molecule has 0 aliphatic rings. The number of fused-ring (bicyclic) bond motifs is 1. The number of benzene rings is 2. The number of thioether (sulfide) groups is 1. The van der Waals surface area contributed by atoms with E-state index in [0.29, 0.717) is 33.2 Å². The Kier molecular flexibility index (Phi) is 5.69. The molecular formula is C22H21N3O2S2. The van der Waals surface area contributed by atoms with Gasteiger partial charge in [-0.2, -0.15) is 0 Å². The highest BCUT2D eigenvalue weighted by Crippen LogP contribution is 2.30. The van der Waals surface area contributed by atoms with E-state index in [-0.39, 0.29) is 5.56 Å². The Morgan fingerprint density at radius 2 is 2.00 bits per heavy atom. The van der Waals surface area contributed by atoms with Crippen LogP contribution in [0.15, 0.2) is 57.8 Å². The standard InChI is InChI=1S/C22H21N3O2S2/c1-4-20-23-15(12-28-20)13-29-22-24-17-8-6-5-7-16(17)21(26)25(22)18-11-14(2)9-10-19(18)27-3/h5-12H,4,13H2,1-3H3. The van der Waals surface area contributed by atoms with Crippen LogP contribution in [0.25, 0.3) is 16.6 Å². The van der Waals surface area contributed by atoms with Crippen LogP contribution in [0.5, 0.6) is 5.75 Å². The van der Waals surface area contributed by atoms with Crippen LogP contribution in [0.4, 0.5) is 0 Å². The van der Waals surface area contributed by atoms with Crippen LogP contribution < -0.4 is 10.3 Å². The highest BCUT2D eigenvalue weighted by atomic mass is 32.2. The second-order valence-corrected chi connectivity index (χ2v) is 8.49. The van der Waals surface area contributed by atoms with Crippen molar-refractivity contribution >= 4 is 34.0 Å². The first-order chi connectivity index (χ1) is 14.1. The van der Waals surface area contributed by atoms with Gasteiger partial charge in [0.05, 0.1) is 34.4 Å². The quantitative estimate of drug-likeness (QED) is 0.322. The van der Waals surface area contributed by atoms with E-state index >= 15 is 0 Å². The molecule has 2 heterocycles. The van der Waals surface area contributed by atoms with Crippen molar-refractivity contribution in [3.05, 3.63) is 74.5 Å². The molecule has 0 saturated carbocycles. The second-order valence-electron chi connectivity index (χ2n) is 6.60. The number of thiazole rings is 1. The molecule has 0 aliphatic carbocycles. The van der Waals surface area contributed by atoms with Gasteiger partial charge in [-0.3, -0.25) is 9.36 Å². The van der Waals surface area contributed by atoms with Gasteiger partial charge in [0.1, 0.15) is 5.75 Å². The third kappa shape index (κ3) is 3.93. The molecule has 2 aromatic carbocycles. The lowest BCUT2D eigenvalue weighted by Gasteiger charge is -2.16. The summed E-state index contributed by atoms with van der Waals surface area (Å²) in [6.07, 6.45) is 0.925. The number of methoxy groups -OCH3 is 1. The van der Waals surface area contributed by atoms with Crippen LogP contribution >= 0.6 is 23.1 Å². The van der Waals surface area contributed by atoms with Crippen molar-refractivity contribution in [3.8, 4) is 11.4 Å². The summed E-state index contributed by atoms with van der Waals surface area (Å²) in [6.45, 7) is 4.10. The molecule has 0 radical (unpaired) electrons. The smallest absolute Gasteiger partial charge is 0.266 e. The minimum atomic E-state index is -0.102. The number of aryl methyl sites for hydroxylation is 2. The van der Waals surface area contributed by atoms with Crippen molar-refractivity contribution in [2.45, 2.75) is 31.2 Å². The largest absolute Gasteiger partial charge is 0.495 e. The average molecular weight is 424 g/mol. The molecule has 0 spiro atoms. The van der Waals surface area contributed by atoms with Crippen LogP contribution in [0.3, 0.4) is 0 Å². The molecule has 2 aromatic heterocycles. The molecule has 148 valence electrons. The highest BCUT2D eigenvalue weighted by molar-refractivity contribution is 7.98. The first-order valence-electron chi connectivity index (χ1n) is 9.33. The summed E-state index contributed by atoms with van der Waals surface area (Å²) in [5.74, 6) is 1.29. The third-order valence-corrected chi connectivity index (χ3v) is 6.59. The molecule has 0 bridgehead atoms. The van der Waals surface area contributed by atoms with Crippen molar-refractivity contribution in [2.24, 2.45) is 0 Å². The van der Waals surface area contributed by atoms with E-state index in [4.69, 9.17) is 9.72 Å². The Morgan fingerprint density at radius 1 is 1.17 bits per heavy atom. The van der Waals surface area contributed by atoms with E-state index in [1.165, 1.54) is 11.8 Å². The van der Waals surface area contributed by atoms with Crippen LogP contribution in [0, 0.1) is 6.92 Å². The first-order valence-corrected chi connectivity index (χ1v) is 11.2. The normalized spacial score (nSPS) is 11.1. The van der Waals surface area contributed by atoms with Crippen molar-refractivity contribution in [2.75, 3.05) is 7.11 Å². The summed E-state index contributed by atoms with van der Waals surface area (Å²) in [7, 11) is 1.61. The molecular weight excluding hydrogens is 402 g/mol. The van der Waals surface area contributed by atoms with Crippen molar-refractivity contribution in [1.82, 2.24) is 14.5 Å². The van der Waals surface area contributed by atoms with Gasteiger partial charge in [0.25, 0.3) is 5.56 Å². The van der Waals surface area contributed by atoms with E-state index in [9.17, 15) is 4.79 Å². The zero-order valence-electron chi connectivity index (χ0n) is 16.5. The average Bonchev–Trinajstić information content (AvgIpc) is 3.20. The van der Waals surface area contributed by atoms with E-state index < -0.39 is 0 Å². The maximum atomic E-state index is 13.4. The van der Waals surface area contributed by atoms with E-state index in [1.807, 2.05) is 49.4 Å². The van der Waals surface area contributed by atoms with E-state index in [1.54, 1.807) is 23.0 Å². The predicted molar refractivity (Wildman–Crippen MR) is 120 cm³/mol. The van der Waals surface area contributed by atoms with Gasteiger partial charge in [0.15, 0.2) is 5.16 Å². The molecule has 5 nitrogen and oxygen atoms in total. The Labute approximate surface area is 177 Å². The van der Waals surface area contributed by atoms with Gasteiger partial charge in [-0.15, -0.1) is 11.3 Å². The zero-order chi connectivity index (χ0) is 20.4. The molecule has 0 unspecified atom stereocenters. The lowest BCUT2D eigenvalue weighted by atomic mass is 10.2. The minimum Gasteiger partial charge on any atom is -0.495 e. The van der Waals surface area contributed by atoms with Crippen molar-refractivity contribution < 1.29 is 4.74 Å². The van der Waals surface area contributed by atoms with Gasteiger partial charge in [-0.25, -0.2) is 9.97 Å². The van der Waals surface area contributed by atoms with Gasteiger partial charge in [0, 0.05) is 11.1 Å². The summed E-state index contributed by atoms with van der Waals surface area (Å²) >= 11 is 3.18. The Balaban J connectivity index is 1.87. The topological polar surface area (TPSA) is 57.0 Å². The fourth-order valence-corrected chi connectivity index (χ4v) is 4.86. The fourth-order valence-electron chi connectivity index (χ4n) is 3.11. The molecule has 4 rings (SSSR count). The minimum absolute atomic E-state index is 0.102. The number of hydrogen-bond donors (Lipinski definition) is 0. The highest BCUT2D eigenvalue weighted by Gasteiger charge is 2.17. The lowest BCUT2D eigenvalue weighted by Crippen LogP contribution is -2.22. The molecule has 0 aliphatic heterocycles. The second kappa shape index (κ2) is 8.39. The van der Waals surface area contributed by atoms with E-state index in [0.717, 1.165) is 22.7 Å². The van der Waals surface area contributed by atoms with Crippen molar-refractivity contribution in [1.29, 1.82) is 0 Å². The Morgan fingerprint density at radius 3 is 2.76 bits per heavy atom. The Hall–Kier alpha value is -2.64. The molecule has 0 saturated heterocycles. The van der Waals surface area contributed by atoms with Gasteiger partial charge < -0.3 is 4.74 Å². The summed E-state index contributed by atoms with van der Waals surface area (Å²) < 4.78 is 7.21. The first kappa shape index (κ1) is 19.7. The Bertz CT molecular complexity index is 1230. The monoisotopic (exact) mass is 423 g/mol. The molecule has 29 heavy (non-hydrogen) atoms. The number of para-hydroxylation sites is 1. The number of ether oxygens (including phenoxy) is 1. The lowest BCUT2D eigenvalue weighted by molar-refractivity contribution is 0.411. The van der Waals surface area contributed by atoms with Gasteiger partial charge >= 0.3 is 0 Å². The van der Waals surface area contributed by atoms with E-state index in [2.05, 4.69) is 17.3 Å². The zero-order valence-corrected chi connectivity index (χ0v) is 18.1. The third-order valence-electron chi connectivity index (χ3n) is 4.57. The summed E-state index contributed by atoms with van der Waals surface area (Å²) in [4.78, 5) is 22.9. The molecule has 7 heteroatoms. The summed E-state index contributed by atoms with van der Waals surface area (Å²) in [5, 5.41) is 4.40. The van der Waals surface area contributed by atoms with Gasteiger partial charge in [-0.1, -0.05) is 36.9 Å². The number of hydrogen-bond acceptors (Lipinski definition) is 6. The molecule has 0 atom stereocenters. The molecule has 0 amide bonds. The molecule has 4 aromatic rings. The number of aromatic nitrogens is 3. The van der Waals surface area contributed by atoms with Crippen LogP contribution in [0.2, 0.25) is 0 Å². The van der Waals surface area contributed by atoms with Crippen LogP contribution in [-0.2, 0) is 12.2 Å². The maximum absolute atomic E-state index is 13.4. The number of rotatable bonds is 6. The number of nitrogens with zero attached hydrogens (tertiary/aromatic N) is 3. The van der Waals surface area contributed by atoms with Crippen LogP contribution in [0.1, 0.15) is 23.2 Å². The van der Waals surface area contributed by atoms with Gasteiger partial charge in [0.2, 0.25) is 0 Å². The SMILES string of the molecule is CCc1nc(CSc2nc3ccccc3c(=O)n2-c2cc(C)ccc2OC)cs1.